The molecule has 1 amide bonds. The molecule has 0 saturated carbocycles. The van der Waals surface area contributed by atoms with Crippen LogP contribution in [0.4, 0.5) is 0 Å². The van der Waals surface area contributed by atoms with Gasteiger partial charge in [-0.2, -0.15) is 0 Å². The molecule has 0 aliphatic carbocycles. The monoisotopic (exact) mass is 304 g/mol. The summed E-state index contributed by atoms with van der Waals surface area (Å²) in [6.45, 7) is 9.62. The third-order valence-electron chi connectivity index (χ3n) is 4.07. The maximum absolute atomic E-state index is 13.2. The van der Waals surface area contributed by atoms with Crippen LogP contribution >= 0.6 is 0 Å². The number of carbonyl (C=O) groups is 1. The van der Waals surface area contributed by atoms with Crippen LogP contribution in [0.15, 0.2) is 24.5 Å². The Labute approximate surface area is 133 Å². The van der Waals surface area contributed by atoms with Crippen molar-refractivity contribution in [3.8, 4) is 0 Å². The topological polar surface area (TPSA) is 48.5 Å². The van der Waals surface area contributed by atoms with E-state index in [-0.39, 0.29) is 11.9 Å². The Morgan fingerprint density at radius 3 is 2.36 bits per heavy atom. The maximum Gasteiger partial charge on any atom is 0.244 e. The Hall–Kier alpha value is -1.46. The number of carbonyl (C=O) groups excluding carboxylic acids is 1. The summed E-state index contributed by atoms with van der Waals surface area (Å²) in [4.78, 5) is 21.6. The molecule has 1 atom stereocenters. The second-order valence-electron chi connectivity index (χ2n) is 5.79. The van der Waals surface area contributed by atoms with E-state index in [4.69, 9.17) is 0 Å². The summed E-state index contributed by atoms with van der Waals surface area (Å²) >= 11 is 0. The van der Waals surface area contributed by atoms with Crippen LogP contribution in [0.25, 0.3) is 0 Å². The smallest absolute Gasteiger partial charge is 0.244 e. The van der Waals surface area contributed by atoms with Gasteiger partial charge >= 0.3 is 0 Å². The van der Waals surface area contributed by atoms with Crippen molar-refractivity contribution in [2.45, 2.75) is 32.7 Å². The van der Waals surface area contributed by atoms with Crippen molar-refractivity contribution in [1.29, 1.82) is 0 Å². The van der Waals surface area contributed by atoms with E-state index < -0.39 is 0 Å². The van der Waals surface area contributed by atoms with Gasteiger partial charge in [-0.05, 0) is 30.5 Å². The Morgan fingerprint density at radius 1 is 1.23 bits per heavy atom. The molecule has 1 fully saturated rings. The van der Waals surface area contributed by atoms with E-state index in [1.807, 2.05) is 17.0 Å². The average molecular weight is 304 g/mol. The summed E-state index contributed by atoms with van der Waals surface area (Å²) in [6, 6.07) is 3.77. The van der Waals surface area contributed by atoms with Crippen LogP contribution in [0, 0.1) is 0 Å². The van der Waals surface area contributed by atoms with Gasteiger partial charge < -0.3 is 10.2 Å². The number of nitrogens with one attached hydrogen (secondary N) is 1. The molecule has 1 aromatic rings. The van der Waals surface area contributed by atoms with E-state index in [9.17, 15) is 4.79 Å². The largest absolute Gasteiger partial charge is 0.341 e. The Bertz CT molecular complexity index is 439. The maximum atomic E-state index is 13.2. The van der Waals surface area contributed by atoms with Gasteiger partial charge in [0, 0.05) is 51.7 Å². The van der Waals surface area contributed by atoms with Crippen LogP contribution in [0.2, 0.25) is 0 Å². The number of nitrogens with zero attached hydrogens (tertiary/aromatic N) is 3. The molecule has 1 saturated heterocycles. The van der Waals surface area contributed by atoms with Crippen LogP contribution in [0.3, 0.4) is 0 Å². The van der Waals surface area contributed by atoms with Gasteiger partial charge in [-0.25, -0.2) is 0 Å². The molecule has 5 nitrogen and oxygen atoms in total. The Balaban J connectivity index is 2.24. The van der Waals surface area contributed by atoms with Gasteiger partial charge in [0.05, 0.1) is 0 Å². The van der Waals surface area contributed by atoms with E-state index in [1.165, 1.54) is 0 Å². The lowest BCUT2D eigenvalue weighted by Crippen LogP contribution is -2.50. The van der Waals surface area contributed by atoms with Crippen molar-refractivity contribution in [3.05, 3.63) is 30.1 Å². The minimum atomic E-state index is -0.178. The highest BCUT2D eigenvalue weighted by molar-refractivity contribution is 5.83. The van der Waals surface area contributed by atoms with E-state index in [0.29, 0.717) is 0 Å². The molecular weight excluding hydrogens is 276 g/mol. The predicted octanol–water partition coefficient (Wildman–Crippen LogP) is 1.68. The number of amides is 1. The van der Waals surface area contributed by atoms with Gasteiger partial charge in [0.2, 0.25) is 5.91 Å². The van der Waals surface area contributed by atoms with Gasteiger partial charge in [-0.1, -0.05) is 13.8 Å². The van der Waals surface area contributed by atoms with Crippen molar-refractivity contribution < 1.29 is 4.79 Å². The van der Waals surface area contributed by atoms with Crippen molar-refractivity contribution >= 4 is 5.91 Å². The molecule has 0 radical (unpaired) electrons. The Morgan fingerprint density at radius 2 is 1.82 bits per heavy atom. The molecule has 22 heavy (non-hydrogen) atoms. The summed E-state index contributed by atoms with van der Waals surface area (Å²) in [5.74, 6) is 0.233. The summed E-state index contributed by atoms with van der Waals surface area (Å²) in [6.07, 6.45) is 5.55. The molecule has 5 heteroatoms. The first-order chi connectivity index (χ1) is 10.8. The normalized spacial score (nSPS) is 17.2. The van der Waals surface area contributed by atoms with Crippen molar-refractivity contribution in [3.63, 3.8) is 0 Å². The molecular formula is C17H28N4O. The highest BCUT2D eigenvalue weighted by atomic mass is 16.2. The molecule has 1 unspecified atom stereocenters. The fraction of sp³-hybridized carbons (Fsp3) is 0.647. The third-order valence-corrected chi connectivity index (χ3v) is 4.07. The second kappa shape index (κ2) is 8.86. The minimum absolute atomic E-state index is 0.178. The molecule has 1 aliphatic heterocycles. The lowest BCUT2D eigenvalue weighted by molar-refractivity contribution is -0.137. The fourth-order valence-corrected chi connectivity index (χ4v) is 3.04. The predicted molar refractivity (Wildman–Crippen MR) is 88.6 cm³/mol. The lowest BCUT2D eigenvalue weighted by Gasteiger charge is -2.37. The van der Waals surface area contributed by atoms with Gasteiger partial charge in [-0.15, -0.1) is 0 Å². The molecule has 1 aromatic heterocycles. The number of aromatic nitrogens is 1. The van der Waals surface area contributed by atoms with Gasteiger partial charge in [0.1, 0.15) is 6.04 Å². The number of piperazine rings is 1. The van der Waals surface area contributed by atoms with Gasteiger partial charge in [-0.3, -0.25) is 14.7 Å². The summed E-state index contributed by atoms with van der Waals surface area (Å²) in [5, 5.41) is 3.36. The zero-order valence-electron chi connectivity index (χ0n) is 13.8. The number of hydrogen-bond donors (Lipinski definition) is 1. The Kier molecular flexibility index (Phi) is 6.80. The first-order valence-corrected chi connectivity index (χ1v) is 8.41. The molecule has 0 spiro atoms. The number of pyridine rings is 1. The minimum Gasteiger partial charge on any atom is -0.341 e. The average Bonchev–Trinajstić information content (AvgIpc) is 2.57. The number of hydrogen-bond acceptors (Lipinski definition) is 4. The van der Waals surface area contributed by atoms with Crippen molar-refractivity contribution in [2.75, 3.05) is 39.3 Å². The molecule has 0 bridgehead atoms. The van der Waals surface area contributed by atoms with Gasteiger partial charge in [0.15, 0.2) is 0 Å². The van der Waals surface area contributed by atoms with E-state index in [0.717, 1.165) is 57.7 Å². The highest BCUT2D eigenvalue weighted by Crippen LogP contribution is 2.23. The zero-order chi connectivity index (χ0) is 15.8. The third kappa shape index (κ3) is 4.27. The summed E-state index contributed by atoms with van der Waals surface area (Å²) in [7, 11) is 0. The molecule has 1 aliphatic rings. The van der Waals surface area contributed by atoms with Crippen molar-refractivity contribution in [1.82, 2.24) is 20.1 Å². The SMILES string of the molecule is CCCN(CCC)C(=O)C(c1ccncc1)N1CCNCC1. The molecule has 122 valence electrons. The van der Waals surface area contributed by atoms with Crippen LogP contribution < -0.4 is 5.32 Å². The second-order valence-corrected chi connectivity index (χ2v) is 5.79. The first-order valence-electron chi connectivity index (χ1n) is 8.41. The quantitative estimate of drug-likeness (QED) is 0.832. The van der Waals surface area contributed by atoms with Crippen LogP contribution in [-0.2, 0) is 4.79 Å². The van der Waals surface area contributed by atoms with Crippen molar-refractivity contribution in [2.24, 2.45) is 0 Å². The lowest BCUT2D eigenvalue weighted by atomic mass is 10.0. The summed E-state index contributed by atoms with van der Waals surface area (Å²) < 4.78 is 0. The first kappa shape index (κ1) is 16.9. The molecule has 2 heterocycles. The van der Waals surface area contributed by atoms with E-state index in [2.05, 4.69) is 29.0 Å². The number of rotatable bonds is 7. The van der Waals surface area contributed by atoms with Gasteiger partial charge in [0.25, 0.3) is 0 Å². The van der Waals surface area contributed by atoms with E-state index >= 15 is 0 Å². The van der Waals surface area contributed by atoms with Crippen LogP contribution in [0.5, 0.6) is 0 Å². The van der Waals surface area contributed by atoms with Crippen LogP contribution in [-0.4, -0.2) is 60.0 Å². The highest BCUT2D eigenvalue weighted by Gasteiger charge is 2.31. The summed E-state index contributed by atoms with van der Waals surface area (Å²) in [5.41, 5.74) is 1.05. The fourth-order valence-electron chi connectivity index (χ4n) is 3.04. The standard InChI is InChI=1S/C17H28N4O/c1-3-11-21(12-4-2)17(22)16(15-5-7-18-8-6-15)20-13-9-19-10-14-20/h5-8,16,19H,3-4,9-14H2,1-2H3. The zero-order valence-corrected chi connectivity index (χ0v) is 13.8. The van der Waals surface area contributed by atoms with E-state index in [1.54, 1.807) is 12.4 Å². The molecule has 1 N–H and O–H groups in total. The van der Waals surface area contributed by atoms with Crippen LogP contribution in [0.1, 0.15) is 38.3 Å². The molecule has 2 rings (SSSR count). The molecule has 0 aromatic carbocycles.